The molecule has 4 nitrogen and oxygen atoms in total. The second-order valence-electron chi connectivity index (χ2n) is 4.50. The fourth-order valence-electron chi connectivity index (χ4n) is 1.51. The van der Waals surface area contributed by atoms with E-state index in [1.54, 1.807) is 37.1 Å². The molecule has 5 heteroatoms. The van der Waals surface area contributed by atoms with Crippen molar-refractivity contribution in [3.8, 4) is 0 Å². The number of aromatic nitrogens is 1. The van der Waals surface area contributed by atoms with Gasteiger partial charge < -0.3 is 10.0 Å². The first-order chi connectivity index (χ1) is 7.83. The second kappa shape index (κ2) is 5.60. The van der Waals surface area contributed by atoms with Crippen LogP contribution in [-0.2, 0) is 0 Å². The molecule has 0 atom stereocenters. The van der Waals surface area contributed by atoms with Crippen LogP contribution in [0.3, 0.4) is 0 Å². The van der Waals surface area contributed by atoms with Gasteiger partial charge in [0, 0.05) is 24.8 Å². The highest BCUT2D eigenvalue weighted by atomic mass is 79.9. The Hall–Kier alpha value is -0.940. The highest BCUT2D eigenvalue weighted by Crippen LogP contribution is 2.13. The Morgan fingerprint density at radius 1 is 1.59 bits per heavy atom. The van der Waals surface area contributed by atoms with E-state index in [1.165, 1.54) is 0 Å². The van der Waals surface area contributed by atoms with Crippen molar-refractivity contribution in [3.05, 3.63) is 28.5 Å². The Bertz CT molecular complexity index is 402. The van der Waals surface area contributed by atoms with E-state index >= 15 is 0 Å². The first-order valence-electron chi connectivity index (χ1n) is 5.46. The van der Waals surface area contributed by atoms with Crippen molar-refractivity contribution in [3.63, 3.8) is 0 Å². The second-order valence-corrected chi connectivity index (χ2v) is 5.31. The maximum atomic E-state index is 12.2. The zero-order valence-electron chi connectivity index (χ0n) is 10.3. The van der Waals surface area contributed by atoms with Gasteiger partial charge in [0.05, 0.1) is 5.60 Å². The van der Waals surface area contributed by atoms with Crippen LogP contribution in [-0.4, -0.2) is 39.6 Å². The van der Waals surface area contributed by atoms with E-state index in [1.807, 2.05) is 6.92 Å². The number of hydrogen-bond donors (Lipinski definition) is 1. The first-order valence-corrected chi connectivity index (χ1v) is 6.26. The van der Waals surface area contributed by atoms with Crippen LogP contribution < -0.4 is 0 Å². The third kappa shape index (κ3) is 4.44. The third-order valence-corrected chi connectivity index (χ3v) is 2.65. The molecule has 0 saturated carbocycles. The standard InChI is InChI=1S/C12H17BrN2O2/c1-4-15(8-12(2,3)17)11(16)9-5-6-14-10(13)7-9/h5-7,17H,4,8H2,1-3H3. The van der Waals surface area contributed by atoms with Gasteiger partial charge >= 0.3 is 0 Å². The molecule has 1 N–H and O–H groups in total. The molecule has 1 amide bonds. The van der Waals surface area contributed by atoms with Crippen molar-refractivity contribution in [2.75, 3.05) is 13.1 Å². The SMILES string of the molecule is CCN(CC(C)(C)O)C(=O)c1ccnc(Br)c1. The molecule has 0 aliphatic carbocycles. The number of nitrogens with zero attached hydrogens (tertiary/aromatic N) is 2. The summed E-state index contributed by atoms with van der Waals surface area (Å²) in [5.41, 5.74) is -0.325. The van der Waals surface area contributed by atoms with Gasteiger partial charge in [-0.15, -0.1) is 0 Å². The van der Waals surface area contributed by atoms with Crippen LogP contribution in [0, 0.1) is 0 Å². The molecule has 0 spiro atoms. The van der Waals surface area contributed by atoms with Gasteiger partial charge in [-0.2, -0.15) is 0 Å². The van der Waals surface area contributed by atoms with Crippen molar-refractivity contribution in [1.82, 2.24) is 9.88 Å². The van der Waals surface area contributed by atoms with Crippen LogP contribution in [0.15, 0.2) is 22.9 Å². The average Bonchev–Trinajstić information content (AvgIpc) is 2.23. The molecule has 0 aromatic carbocycles. The lowest BCUT2D eigenvalue weighted by molar-refractivity contribution is 0.0314. The van der Waals surface area contributed by atoms with Crippen molar-refractivity contribution in [2.45, 2.75) is 26.4 Å². The summed E-state index contributed by atoms with van der Waals surface area (Å²) in [4.78, 5) is 17.8. The van der Waals surface area contributed by atoms with Crippen molar-refractivity contribution in [2.24, 2.45) is 0 Å². The highest BCUT2D eigenvalue weighted by molar-refractivity contribution is 9.10. The van der Waals surface area contributed by atoms with Crippen LogP contribution in [0.1, 0.15) is 31.1 Å². The Morgan fingerprint density at radius 2 is 2.24 bits per heavy atom. The minimum atomic E-state index is -0.893. The Balaban J connectivity index is 2.87. The molecule has 0 bridgehead atoms. The molecule has 0 aliphatic rings. The van der Waals surface area contributed by atoms with E-state index in [4.69, 9.17) is 0 Å². The van der Waals surface area contributed by atoms with E-state index in [9.17, 15) is 9.90 Å². The fraction of sp³-hybridized carbons (Fsp3) is 0.500. The van der Waals surface area contributed by atoms with Gasteiger partial charge in [-0.05, 0) is 48.8 Å². The predicted octanol–water partition coefficient (Wildman–Crippen LogP) is 2.08. The van der Waals surface area contributed by atoms with Crippen LogP contribution >= 0.6 is 15.9 Å². The summed E-state index contributed by atoms with van der Waals surface area (Å²) in [5.74, 6) is -0.0993. The number of hydrogen-bond acceptors (Lipinski definition) is 3. The molecular weight excluding hydrogens is 284 g/mol. The van der Waals surface area contributed by atoms with Gasteiger partial charge in [-0.25, -0.2) is 4.98 Å². The first kappa shape index (κ1) is 14.1. The van der Waals surface area contributed by atoms with E-state index < -0.39 is 5.60 Å². The number of likely N-dealkylation sites (N-methyl/N-ethyl adjacent to an activating group) is 1. The lowest BCUT2D eigenvalue weighted by Gasteiger charge is -2.28. The van der Waals surface area contributed by atoms with Crippen molar-refractivity contribution < 1.29 is 9.90 Å². The molecule has 0 saturated heterocycles. The normalized spacial score (nSPS) is 11.4. The molecule has 1 aromatic heterocycles. The lowest BCUT2D eigenvalue weighted by atomic mass is 10.1. The number of aliphatic hydroxyl groups is 1. The molecule has 17 heavy (non-hydrogen) atoms. The lowest BCUT2D eigenvalue weighted by Crippen LogP contribution is -2.42. The predicted molar refractivity (Wildman–Crippen MR) is 69.8 cm³/mol. The maximum absolute atomic E-state index is 12.2. The largest absolute Gasteiger partial charge is 0.389 e. The van der Waals surface area contributed by atoms with E-state index in [-0.39, 0.29) is 5.91 Å². The fourth-order valence-corrected chi connectivity index (χ4v) is 1.88. The van der Waals surface area contributed by atoms with E-state index in [0.29, 0.717) is 23.3 Å². The number of carbonyl (C=O) groups is 1. The molecule has 1 aromatic rings. The topological polar surface area (TPSA) is 53.4 Å². The molecule has 0 radical (unpaired) electrons. The van der Waals surface area contributed by atoms with Crippen molar-refractivity contribution in [1.29, 1.82) is 0 Å². The summed E-state index contributed by atoms with van der Waals surface area (Å²) < 4.78 is 0.627. The van der Waals surface area contributed by atoms with Gasteiger partial charge in [-0.1, -0.05) is 0 Å². The molecular formula is C12H17BrN2O2. The minimum Gasteiger partial charge on any atom is -0.389 e. The van der Waals surface area contributed by atoms with Crippen LogP contribution in [0.5, 0.6) is 0 Å². The van der Waals surface area contributed by atoms with Crippen molar-refractivity contribution >= 4 is 21.8 Å². The number of carbonyl (C=O) groups excluding carboxylic acids is 1. The third-order valence-electron chi connectivity index (χ3n) is 2.22. The minimum absolute atomic E-state index is 0.0993. The molecule has 0 unspecified atom stereocenters. The van der Waals surface area contributed by atoms with E-state index in [2.05, 4.69) is 20.9 Å². The quantitative estimate of drug-likeness (QED) is 0.866. The number of halogens is 1. The summed E-state index contributed by atoms with van der Waals surface area (Å²) in [7, 11) is 0. The monoisotopic (exact) mass is 300 g/mol. The Kier molecular flexibility index (Phi) is 4.65. The Morgan fingerprint density at radius 3 is 2.71 bits per heavy atom. The van der Waals surface area contributed by atoms with Gasteiger partial charge in [-0.3, -0.25) is 4.79 Å². The average molecular weight is 301 g/mol. The smallest absolute Gasteiger partial charge is 0.254 e. The van der Waals surface area contributed by atoms with E-state index in [0.717, 1.165) is 0 Å². The van der Waals surface area contributed by atoms with Crippen LogP contribution in [0.4, 0.5) is 0 Å². The van der Waals surface area contributed by atoms with Gasteiger partial charge in [0.15, 0.2) is 0 Å². The molecule has 1 rings (SSSR count). The van der Waals surface area contributed by atoms with Gasteiger partial charge in [0.2, 0.25) is 0 Å². The number of pyridine rings is 1. The zero-order valence-corrected chi connectivity index (χ0v) is 11.9. The van der Waals surface area contributed by atoms with Gasteiger partial charge in [0.25, 0.3) is 5.91 Å². The molecule has 0 fully saturated rings. The molecule has 94 valence electrons. The van der Waals surface area contributed by atoms with Crippen LogP contribution in [0.25, 0.3) is 0 Å². The summed E-state index contributed by atoms with van der Waals surface area (Å²) in [6.45, 7) is 6.13. The summed E-state index contributed by atoms with van der Waals surface area (Å²) in [6.07, 6.45) is 1.58. The zero-order chi connectivity index (χ0) is 13.1. The molecule has 1 heterocycles. The van der Waals surface area contributed by atoms with Gasteiger partial charge in [0.1, 0.15) is 4.60 Å². The summed E-state index contributed by atoms with van der Waals surface area (Å²) >= 11 is 3.23. The van der Waals surface area contributed by atoms with Crippen LogP contribution in [0.2, 0.25) is 0 Å². The highest BCUT2D eigenvalue weighted by Gasteiger charge is 2.22. The number of amides is 1. The number of rotatable bonds is 4. The Labute approximate surface area is 110 Å². The summed E-state index contributed by atoms with van der Waals surface area (Å²) in [5, 5.41) is 9.75. The maximum Gasteiger partial charge on any atom is 0.254 e. The summed E-state index contributed by atoms with van der Waals surface area (Å²) in [6, 6.07) is 3.34. The molecule has 0 aliphatic heterocycles.